The highest BCUT2D eigenvalue weighted by atomic mass is 19.1. The number of benzene rings is 1. The molecule has 1 unspecified atom stereocenters. The molecule has 1 saturated carbocycles. The molecule has 0 bridgehead atoms. The third kappa shape index (κ3) is 5.11. The predicted molar refractivity (Wildman–Crippen MR) is 107 cm³/mol. The summed E-state index contributed by atoms with van der Waals surface area (Å²) in [4.78, 5) is 0. The van der Waals surface area contributed by atoms with Crippen molar-refractivity contribution in [2.45, 2.75) is 78.1 Å². The molecule has 0 N–H and O–H groups in total. The average molecular weight is 359 g/mol. The molecule has 0 aliphatic heterocycles. The summed E-state index contributed by atoms with van der Waals surface area (Å²) in [5, 5.41) is 0. The summed E-state index contributed by atoms with van der Waals surface area (Å²) < 4.78 is 19.3. The van der Waals surface area contributed by atoms with Crippen molar-refractivity contribution >= 4 is 0 Å². The molecule has 3 rings (SSSR count). The topological polar surface area (TPSA) is 9.23 Å². The van der Waals surface area contributed by atoms with Crippen molar-refractivity contribution in [2.75, 3.05) is 6.61 Å². The summed E-state index contributed by atoms with van der Waals surface area (Å²) in [7, 11) is 0. The maximum Gasteiger partial charge on any atom is 0.165 e. The highest BCUT2D eigenvalue weighted by Gasteiger charge is 2.27. The van der Waals surface area contributed by atoms with Gasteiger partial charge in [0.1, 0.15) is 0 Å². The summed E-state index contributed by atoms with van der Waals surface area (Å²) in [6.07, 6.45) is 15.6. The molecule has 1 nitrogen and oxygen atoms in total. The van der Waals surface area contributed by atoms with Crippen molar-refractivity contribution < 1.29 is 9.13 Å². The molecule has 0 amide bonds. The molecule has 26 heavy (non-hydrogen) atoms. The van der Waals surface area contributed by atoms with E-state index in [0.29, 0.717) is 12.4 Å². The van der Waals surface area contributed by atoms with Crippen LogP contribution in [0.25, 0.3) is 0 Å². The van der Waals surface area contributed by atoms with Gasteiger partial charge in [-0.2, -0.15) is 0 Å². The third-order valence-electron chi connectivity index (χ3n) is 6.71. The number of halogens is 1. The highest BCUT2D eigenvalue weighted by Crippen LogP contribution is 2.40. The van der Waals surface area contributed by atoms with Crippen molar-refractivity contribution in [3.63, 3.8) is 0 Å². The molecular formula is C24H35FO. The van der Waals surface area contributed by atoms with E-state index in [9.17, 15) is 4.39 Å². The van der Waals surface area contributed by atoms with Crippen LogP contribution in [0.4, 0.5) is 4.39 Å². The van der Waals surface area contributed by atoms with Gasteiger partial charge in [-0.15, -0.1) is 0 Å². The predicted octanol–water partition coefficient (Wildman–Crippen LogP) is 7.10. The quantitative estimate of drug-likeness (QED) is 0.472. The van der Waals surface area contributed by atoms with Gasteiger partial charge in [0.25, 0.3) is 0 Å². The van der Waals surface area contributed by atoms with Gasteiger partial charge >= 0.3 is 0 Å². The molecule has 1 fully saturated rings. The first-order chi connectivity index (χ1) is 12.7. The Bertz CT molecular complexity index is 598. The molecule has 1 atom stereocenters. The van der Waals surface area contributed by atoms with Crippen LogP contribution < -0.4 is 4.74 Å². The Kier molecular flexibility index (Phi) is 7.16. The second kappa shape index (κ2) is 9.58. The zero-order valence-corrected chi connectivity index (χ0v) is 16.6. The Morgan fingerprint density at radius 2 is 1.81 bits per heavy atom. The van der Waals surface area contributed by atoms with E-state index in [0.717, 1.165) is 36.2 Å². The first-order valence-electron chi connectivity index (χ1n) is 10.8. The van der Waals surface area contributed by atoms with Gasteiger partial charge in [0.2, 0.25) is 0 Å². The lowest BCUT2D eigenvalue weighted by molar-refractivity contribution is 0.189. The van der Waals surface area contributed by atoms with E-state index in [4.69, 9.17) is 4.74 Å². The van der Waals surface area contributed by atoms with Crippen molar-refractivity contribution in [2.24, 2.45) is 17.8 Å². The van der Waals surface area contributed by atoms with E-state index >= 15 is 0 Å². The number of aryl methyl sites for hydroxylation is 1. The summed E-state index contributed by atoms with van der Waals surface area (Å²) in [6.45, 7) is 4.73. The number of hydrogen-bond donors (Lipinski definition) is 0. The van der Waals surface area contributed by atoms with Crippen LogP contribution in [0.3, 0.4) is 0 Å². The molecule has 2 aliphatic rings. The van der Waals surface area contributed by atoms with Gasteiger partial charge in [0.05, 0.1) is 6.61 Å². The summed E-state index contributed by atoms with van der Waals surface area (Å²) in [6, 6.07) is 5.42. The Morgan fingerprint density at radius 3 is 2.42 bits per heavy atom. The van der Waals surface area contributed by atoms with E-state index in [1.165, 1.54) is 51.4 Å². The normalized spacial score (nSPS) is 26.4. The lowest BCUT2D eigenvalue weighted by Gasteiger charge is -2.35. The zero-order chi connectivity index (χ0) is 18.4. The van der Waals surface area contributed by atoms with Crippen LogP contribution in [0.5, 0.6) is 5.75 Å². The van der Waals surface area contributed by atoms with E-state index in [1.54, 1.807) is 17.7 Å². The van der Waals surface area contributed by atoms with Gasteiger partial charge in [0.15, 0.2) is 11.6 Å². The van der Waals surface area contributed by atoms with Gasteiger partial charge in [0, 0.05) is 0 Å². The summed E-state index contributed by atoms with van der Waals surface area (Å²) >= 11 is 0. The second-order valence-corrected chi connectivity index (χ2v) is 8.28. The molecule has 1 aromatic rings. The first kappa shape index (κ1) is 19.5. The molecule has 144 valence electrons. The molecule has 0 spiro atoms. The van der Waals surface area contributed by atoms with Crippen molar-refractivity contribution in [1.82, 2.24) is 0 Å². The Labute approximate surface area is 159 Å². The molecule has 0 saturated heterocycles. The standard InChI is InChI=1S/C24H35FO/c1-3-18-7-12-21(13-8-18)22-14-9-19(10-15-22)5-6-20-11-16-24(26-4-2)23(25)17-20/h9,11,16-18,21-22H,3-8,10,12-15H2,1-2H3/t18-,21-,22?. The zero-order valence-electron chi connectivity index (χ0n) is 16.6. The fourth-order valence-electron chi connectivity index (χ4n) is 4.91. The van der Waals surface area contributed by atoms with E-state index in [1.807, 2.05) is 13.0 Å². The maximum atomic E-state index is 14.0. The van der Waals surface area contributed by atoms with Gasteiger partial charge in [-0.05, 0) is 87.3 Å². The first-order valence-corrected chi connectivity index (χ1v) is 10.8. The highest BCUT2D eigenvalue weighted by molar-refractivity contribution is 5.30. The largest absolute Gasteiger partial charge is 0.491 e. The van der Waals surface area contributed by atoms with Crippen LogP contribution in [0, 0.1) is 23.6 Å². The van der Waals surface area contributed by atoms with Crippen LogP contribution in [0.1, 0.15) is 77.2 Å². The average Bonchev–Trinajstić information content (AvgIpc) is 2.69. The number of ether oxygens (including phenoxy) is 1. The van der Waals surface area contributed by atoms with Crippen molar-refractivity contribution in [1.29, 1.82) is 0 Å². The third-order valence-corrected chi connectivity index (χ3v) is 6.71. The minimum absolute atomic E-state index is 0.232. The van der Waals surface area contributed by atoms with Crippen LogP contribution in [-0.2, 0) is 6.42 Å². The number of hydrogen-bond acceptors (Lipinski definition) is 1. The molecular weight excluding hydrogens is 323 g/mol. The molecule has 0 aromatic heterocycles. The number of rotatable bonds is 7. The summed E-state index contributed by atoms with van der Waals surface area (Å²) in [5.74, 6) is 3.02. The monoisotopic (exact) mass is 358 g/mol. The molecule has 2 aliphatic carbocycles. The maximum absolute atomic E-state index is 14.0. The van der Waals surface area contributed by atoms with Crippen molar-refractivity contribution in [3.8, 4) is 5.75 Å². The SMILES string of the molecule is CCOc1ccc(CCC2=CCC([C@H]3CC[C@H](CC)CC3)CC2)cc1F. The lowest BCUT2D eigenvalue weighted by Crippen LogP contribution is -2.23. The van der Waals surface area contributed by atoms with Crippen LogP contribution in [-0.4, -0.2) is 6.61 Å². The van der Waals surface area contributed by atoms with Crippen molar-refractivity contribution in [3.05, 3.63) is 41.2 Å². The minimum Gasteiger partial charge on any atom is -0.491 e. The molecule has 0 radical (unpaired) electrons. The second-order valence-electron chi connectivity index (χ2n) is 8.28. The van der Waals surface area contributed by atoms with Gasteiger partial charge in [-0.3, -0.25) is 0 Å². The number of allylic oxidation sites excluding steroid dienone is 2. The van der Waals surface area contributed by atoms with Crippen LogP contribution in [0.15, 0.2) is 29.8 Å². The lowest BCUT2D eigenvalue weighted by atomic mass is 9.71. The van der Waals surface area contributed by atoms with Gasteiger partial charge in [-0.1, -0.05) is 43.9 Å². The van der Waals surface area contributed by atoms with Gasteiger partial charge in [-0.25, -0.2) is 4.39 Å². The van der Waals surface area contributed by atoms with E-state index in [-0.39, 0.29) is 5.82 Å². The molecule has 2 heteroatoms. The Hall–Kier alpha value is -1.31. The smallest absolute Gasteiger partial charge is 0.165 e. The van der Waals surface area contributed by atoms with Crippen LogP contribution >= 0.6 is 0 Å². The van der Waals surface area contributed by atoms with E-state index < -0.39 is 0 Å². The fourth-order valence-corrected chi connectivity index (χ4v) is 4.91. The summed E-state index contributed by atoms with van der Waals surface area (Å²) in [5.41, 5.74) is 2.66. The minimum atomic E-state index is -0.232. The fraction of sp³-hybridized carbons (Fsp3) is 0.667. The Morgan fingerprint density at radius 1 is 1.00 bits per heavy atom. The Balaban J connectivity index is 1.45. The molecule has 0 heterocycles. The molecule has 1 aromatic carbocycles. The van der Waals surface area contributed by atoms with Gasteiger partial charge < -0.3 is 4.74 Å². The van der Waals surface area contributed by atoms with Crippen LogP contribution in [0.2, 0.25) is 0 Å². The van der Waals surface area contributed by atoms with E-state index in [2.05, 4.69) is 13.0 Å².